The number of benzene rings is 1. The van der Waals surface area contributed by atoms with Gasteiger partial charge in [-0.15, -0.1) is 0 Å². The van der Waals surface area contributed by atoms with E-state index in [9.17, 15) is 14.7 Å². The number of ether oxygens (including phenoxy) is 3. The molecule has 1 atom stereocenters. The first kappa shape index (κ1) is 21.7. The smallest absolute Gasteiger partial charge is 0.419 e. The number of nitrogens with zero attached hydrogens (tertiary/aromatic N) is 2. The van der Waals surface area contributed by atoms with Gasteiger partial charge in [-0.2, -0.15) is 0 Å². The molecule has 0 bridgehead atoms. The molecular weight excluding hydrogens is 388 g/mol. The van der Waals surface area contributed by atoms with Gasteiger partial charge in [0.2, 0.25) is 6.79 Å². The van der Waals surface area contributed by atoms with Gasteiger partial charge in [0.25, 0.3) is 0 Å². The Balaban J connectivity index is 1.87. The number of aliphatic carboxylic acids is 1. The van der Waals surface area contributed by atoms with Gasteiger partial charge in [-0.25, -0.2) is 14.3 Å². The number of carbonyl (C=O) groups is 2. The minimum Gasteiger partial charge on any atom is -0.549 e. The van der Waals surface area contributed by atoms with E-state index in [1.807, 2.05) is 6.92 Å². The minimum atomic E-state index is -1.23. The van der Waals surface area contributed by atoms with E-state index in [1.54, 1.807) is 45.2 Å². The third kappa shape index (κ3) is 5.11. The average molecular weight is 415 g/mol. The molecule has 1 aromatic carbocycles. The highest BCUT2D eigenvalue weighted by Crippen LogP contribution is 2.35. The van der Waals surface area contributed by atoms with E-state index in [0.29, 0.717) is 35.0 Å². The van der Waals surface area contributed by atoms with Crippen molar-refractivity contribution < 1.29 is 28.9 Å². The molecule has 1 unspecified atom stereocenters. The highest BCUT2D eigenvalue weighted by molar-refractivity contribution is 5.75. The maximum Gasteiger partial charge on any atom is 0.419 e. The van der Waals surface area contributed by atoms with Crippen LogP contribution in [0.5, 0.6) is 11.5 Å². The molecule has 0 fully saturated rings. The molecule has 0 aliphatic carbocycles. The molecule has 0 radical (unpaired) electrons. The standard InChI is InChI=1S/C22H28N2O6/c1-5-6-7-19-23-15(12-24(19)21(27)30-22(2,3)4)11-16(20(25)26)14-8-9-17-18(10-14)29-13-28-17/h8-10,12,16H,5-7,11,13H2,1-4H3,(H,25,26)/p-1. The molecule has 1 aliphatic rings. The zero-order valence-electron chi connectivity index (χ0n) is 17.8. The lowest BCUT2D eigenvalue weighted by molar-refractivity contribution is -0.308. The summed E-state index contributed by atoms with van der Waals surface area (Å²) in [7, 11) is 0. The number of hydrogen-bond donors (Lipinski definition) is 0. The summed E-state index contributed by atoms with van der Waals surface area (Å²) in [5.74, 6) is -0.534. The van der Waals surface area contributed by atoms with Crippen molar-refractivity contribution in [3.05, 3.63) is 41.5 Å². The van der Waals surface area contributed by atoms with Crippen molar-refractivity contribution in [2.75, 3.05) is 6.79 Å². The Morgan fingerprint density at radius 3 is 2.67 bits per heavy atom. The van der Waals surface area contributed by atoms with Gasteiger partial charge in [0.15, 0.2) is 11.5 Å². The van der Waals surface area contributed by atoms with Crippen LogP contribution in [-0.4, -0.2) is 34.0 Å². The molecule has 30 heavy (non-hydrogen) atoms. The van der Waals surface area contributed by atoms with Gasteiger partial charge in [-0.1, -0.05) is 19.4 Å². The Bertz CT molecular complexity index is 928. The fraction of sp³-hybridized carbons (Fsp3) is 0.500. The Hall–Kier alpha value is -3.03. The van der Waals surface area contributed by atoms with E-state index >= 15 is 0 Å². The number of unbranched alkanes of at least 4 members (excludes halogenated alkanes) is 1. The van der Waals surface area contributed by atoms with Crippen LogP contribution >= 0.6 is 0 Å². The number of aryl methyl sites for hydroxylation is 1. The topological polar surface area (TPSA) is 103 Å². The first-order valence-electron chi connectivity index (χ1n) is 10.1. The first-order valence-corrected chi connectivity index (χ1v) is 10.1. The minimum absolute atomic E-state index is 0.0803. The number of aromatic nitrogens is 2. The number of imidazole rings is 1. The normalized spacial score (nSPS) is 13.9. The molecule has 1 aromatic heterocycles. The molecule has 1 aliphatic heterocycles. The number of rotatable bonds is 7. The molecule has 3 rings (SSSR count). The summed E-state index contributed by atoms with van der Waals surface area (Å²) in [6, 6.07) is 5.00. The van der Waals surface area contributed by atoms with E-state index in [1.165, 1.54) is 4.57 Å². The molecule has 2 heterocycles. The molecule has 0 N–H and O–H groups in total. The summed E-state index contributed by atoms with van der Waals surface area (Å²) >= 11 is 0. The monoisotopic (exact) mass is 415 g/mol. The largest absolute Gasteiger partial charge is 0.549 e. The number of carboxylic acid groups (broad SMARTS) is 1. The van der Waals surface area contributed by atoms with Crippen LogP contribution < -0.4 is 14.6 Å². The summed E-state index contributed by atoms with van der Waals surface area (Å²) < 4.78 is 17.5. The molecular formula is C22H27N2O6-. The van der Waals surface area contributed by atoms with E-state index in [0.717, 1.165) is 12.8 Å². The van der Waals surface area contributed by atoms with Gasteiger partial charge < -0.3 is 24.1 Å². The van der Waals surface area contributed by atoms with Crippen LogP contribution in [0, 0.1) is 0 Å². The Labute approximate surface area is 175 Å². The van der Waals surface area contributed by atoms with Gasteiger partial charge in [0, 0.05) is 30.9 Å². The SMILES string of the molecule is CCCCc1nc(CC(C(=O)[O-])c2ccc3c(c2)OCO3)cn1C(=O)OC(C)(C)C. The van der Waals surface area contributed by atoms with Crippen LogP contribution in [0.2, 0.25) is 0 Å². The second-order valence-corrected chi connectivity index (χ2v) is 8.29. The van der Waals surface area contributed by atoms with Crippen LogP contribution in [0.1, 0.15) is 63.5 Å². The molecule has 8 nitrogen and oxygen atoms in total. The molecule has 0 amide bonds. The number of carboxylic acids is 1. The van der Waals surface area contributed by atoms with Crippen LogP contribution in [0.15, 0.2) is 24.4 Å². The second-order valence-electron chi connectivity index (χ2n) is 8.29. The van der Waals surface area contributed by atoms with Crippen molar-refractivity contribution in [2.24, 2.45) is 0 Å². The van der Waals surface area contributed by atoms with Crippen molar-refractivity contribution >= 4 is 12.1 Å². The first-order chi connectivity index (χ1) is 14.2. The molecule has 162 valence electrons. The quantitative estimate of drug-likeness (QED) is 0.685. The molecule has 0 saturated carbocycles. The summed E-state index contributed by atoms with van der Waals surface area (Å²) in [5, 5.41) is 11.9. The second kappa shape index (κ2) is 8.77. The van der Waals surface area contributed by atoms with Crippen molar-refractivity contribution in [1.29, 1.82) is 0 Å². The lowest BCUT2D eigenvalue weighted by atomic mass is 9.94. The summed E-state index contributed by atoms with van der Waals surface area (Å²) in [5.41, 5.74) is 0.365. The van der Waals surface area contributed by atoms with Crippen LogP contribution in [0.25, 0.3) is 0 Å². The van der Waals surface area contributed by atoms with E-state index in [4.69, 9.17) is 14.2 Å². The number of fused-ring (bicyclic) bond motifs is 1. The Kier molecular flexibility index (Phi) is 6.34. The van der Waals surface area contributed by atoms with Gasteiger partial charge in [0.05, 0.1) is 5.69 Å². The summed E-state index contributed by atoms with van der Waals surface area (Å²) in [4.78, 5) is 29.0. The fourth-order valence-electron chi connectivity index (χ4n) is 3.23. The zero-order valence-corrected chi connectivity index (χ0v) is 17.8. The van der Waals surface area contributed by atoms with Gasteiger partial charge in [-0.3, -0.25) is 0 Å². The average Bonchev–Trinajstić information content (AvgIpc) is 3.28. The Morgan fingerprint density at radius 1 is 1.27 bits per heavy atom. The lowest BCUT2D eigenvalue weighted by Gasteiger charge is -2.20. The van der Waals surface area contributed by atoms with Gasteiger partial charge >= 0.3 is 6.09 Å². The maximum atomic E-state index is 12.6. The van der Waals surface area contributed by atoms with E-state index in [2.05, 4.69) is 4.98 Å². The fourth-order valence-corrected chi connectivity index (χ4v) is 3.23. The van der Waals surface area contributed by atoms with Crippen LogP contribution in [-0.2, 0) is 22.4 Å². The highest BCUT2D eigenvalue weighted by Gasteiger charge is 2.24. The molecule has 0 saturated heterocycles. The number of carbonyl (C=O) groups excluding carboxylic acids is 2. The van der Waals surface area contributed by atoms with Crippen molar-refractivity contribution in [3.8, 4) is 11.5 Å². The Morgan fingerprint density at radius 2 is 2.00 bits per heavy atom. The lowest BCUT2D eigenvalue weighted by Crippen LogP contribution is -2.31. The van der Waals surface area contributed by atoms with Gasteiger partial charge in [-0.05, 0) is 44.9 Å². The zero-order chi connectivity index (χ0) is 21.9. The van der Waals surface area contributed by atoms with Crippen molar-refractivity contribution in [1.82, 2.24) is 9.55 Å². The number of hydrogen-bond acceptors (Lipinski definition) is 7. The van der Waals surface area contributed by atoms with Gasteiger partial charge in [0.1, 0.15) is 11.4 Å². The third-order valence-corrected chi connectivity index (χ3v) is 4.67. The molecule has 2 aromatic rings. The molecule has 8 heteroatoms. The van der Waals surface area contributed by atoms with E-state index in [-0.39, 0.29) is 13.2 Å². The van der Waals surface area contributed by atoms with E-state index < -0.39 is 23.6 Å². The van der Waals surface area contributed by atoms with Crippen molar-refractivity contribution in [2.45, 2.75) is 64.9 Å². The predicted molar refractivity (Wildman–Crippen MR) is 106 cm³/mol. The summed E-state index contributed by atoms with van der Waals surface area (Å²) in [6.45, 7) is 7.53. The van der Waals surface area contributed by atoms with Crippen LogP contribution in [0.3, 0.4) is 0 Å². The highest BCUT2D eigenvalue weighted by atomic mass is 16.7. The van der Waals surface area contributed by atoms with Crippen molar-refractivity contribution in [3.63, 3.8) is 0 Å². The maximum absolute atomic E-state index is 12.6. The van der Waals surface area contributed by atoms with Crippen LogP contribution in [0.4, 0.5) is 4.79 Å². The third-order valence-electron chi connectivity index (χ3n) is 4.67. The predicted octanol–water partition coefficient (Wildman–Crippen LogP) is 2.81. The summed E-state index contributed by atoms with van der Waals surface area (Å²) in [6.07, 6.45) is 3.50. The molecule has 0 spiro atoms.